The first-order valence-electron chi connectivity index (χ1n) is 9.05. The predicted molar refractivity (Wildman–Crippen MR) is 101 cm³/mol. The van der Waals surface area contributed by atoms with Crippen molar-refractivity contribution in [2.24, 2.45) is 5.73 Å². The third-order valence-corrected chi connectivity index (χ3v) is 4.51. The number of ether oxygens (including phenoxy) is 1. The molecule has 142 valence electrons. The summed E-state index contributed by atoms with van der Waals surface area (Å²) in [6.07, 6.45) is 4.15. The second kappa shape index (κ2) is 9.67. The molecule has 0 bridgehead atoms. The standard InChI is InChI=1S/C21H28FNO3/c1-2-3-4-16-5-8-18(9-6-16)26-20-10-7-17(13-19(20)22)11-12-21(23,14-24)15-25/h5-10,13,24-25H,2-4,11-12,14-15,23H2,1H3. The molecule has 0 aliphatic heterocycles. The van der Waals surface area contributed by atoms with Gasteiger partial charge in [0.05, 0.1) is 18.8 Å². The zero-order valence-electron chi connectivity index (χ0n) is 15.2. The third kappa shape index (κ3) is 5.80. The number of rotatable bonds is 10. The summed E-state index contributed by atoms with van der Waals surface area (Å²) in [5.41, 5.74) is 6.77. The van der Waals surface area contributed by atoms with Crippen LogP contribution in [-0.2, 0) is 12.8 Å². The Morgan fingerprint density at radius 1 is 1.00 bits per heavy atom. The summed E-state index contributed by atoms with van der Waals surface area (Å²) in [7, 11) is 0. The van der Waals surface area contributed by atoms with E-state index in [0.717, 1.165) is 24.8 Å². The zero-order valence-corrected chi connectivity index (χ0v) is 15.2. The average Bonchev–Trinajstić information content (AvgIpc) is 2.67. The number of halogens is 1. The maximum absolute atomic E-state index is 14.3. The summed E-state index contributed by atoms with van der Waals surface area (Å²) in [6, 6.07) is 12.5. The van der Waals surface area contributed by atoms with Crippen LogP contribution in [0.5, 0.6) is 11.5 Å². The minimum Gasteiger partial charge on any atom is -0.454 e. The first-order chi connectivity index (χ1) is 12.5. The molecule has 2 rings (SSSR count). The van der Waals surface area contributed by atoms with Crippen molar-refractivity contribution >= 4 is 0 Å². The largest absolute Gasteiger partial charge is 0.454 e. The molecule has 26 heavy (non-hydrogen) atoms. The lowest BCUT2D eigenvalue weighted by atomic mass is 9.94. The number of aliphatic hydroxyl groups excluding tert-OH is 2. The van der Waals surface area contributed by atoms with Crippen LogP contribution in [0.1, 0.15) is 37.3 Å². The highest BCUT2D eigenvalue weighted by atomic mass is 19.1. The fourth-order valence-corrected chi connectivity index (χ4v) is 2.62. The van der Waals surface area contributed by atoms with Gasteiger partial charge in [-0.3, -0.25) is 0 Å². The predicted octanol–water partition coefficient (Wildman–Crippen LogP) is 3.58. The summed E-state index contributed by atoms with van der Waals surface area (Å²) in [5.74, 6) is 0.310. The molecule has 0 saturated carbocycles. The van der Waals surface area contributed by atoms with Crippen LogP contribution in [0.3, 0.4) is 0 Å². The summed E-state index contributed by atoms with van der Waals surface area (Å²) >= 11 is 0. The Morgan fingerprint density at radius 2 is 1.65 bits per heavy atom. The maximum atomic E-state index is 14.3. The van der Waals surface area contributed by atoms with Gasteiger partial charge in [0.25, 0.3) is 0 Å². The number of aryl methyl sites for hydroxylation is 2. The molecule has 0 spiro atoms. The monoisotopic (exact) mass is 361 g/mol. The topological polar surface area (TPSA) is 75.7 Å². The number of hydrogen-bond acceptors (Lipinski definition) is 4. The van der Waals surface area contributed by atoms with E-state index in [1.807, 2.05) is 24.3 Å². The van der Waals surface area contributed by atoms with Crippen LogP contribution in [0.15, 0.2) is 42.5 Å². The van der Waals surface area contributed by atoms with Crippen LogP contribution in [0.2, 0.25) is 0 Å². The Bertz CT molecular complexity index is 684. The number of benzene rings is 2. The van der Waals surface area contributed by atoms with Crippen LogP contribution in [0, 0.1) is 5.82 Å². The van der Waals surface area contributed by atoms with Gasteiger partial charge in [-0.05, 0) is 61.1 Å². The number of aliphatic hydroxyl groups is 2. The van der Waals surface area contributed by atoms with Crippen molar-refractivity contribution < 1.29 is 19.3 Å². The van der Waals surface area contributed by atoms with Gasteiger partial charge in [-0.15, -0.1) is 0 Å². The maximum Gasteiger partial charge on any atom is 0.165 e. The SMILES string of the molecule is CCCCc1ccc(Oc2ccc(CCC(N)(CO)CO)cc2F)cc1. The van der Waals surface area contributed by atoms with Crippen LogP contribution >= 0.6 is 0 Å². The zero-order chi connectivity index (χ0) is 19.0. The smallest absolute Gasteiger partial charge is 0.165 e. The van der Waals surface area contributed by atoms with Gasteiger partial charge in [-0.1, -0.05) is 31.5 Å². The van der Waals surface area contributed by atoms with Crippen LogP contribution < -0.4 is 10.5 Å². The molecule has 0 amide bonds. The van der Waals surface area contributed by atoms with Gasteiger partial charge in [0, 0.05) is 0 Å². The van der Waals surface area contributed by atoms with Gasteiger partial charge in [0.15, 0.2) is 11.6 Å². The highest BCUT2D eigenvalue weighted by molar-refractivity contribution is 5.36. The quantitative estimate of drug-likeness (QED) is 0.605. The van der Waals surface area contributed by atoms with E-state index in [4.69, 9.17) is 10.5 Å². The number of unbranched alkanes of at least 4 members (excludes halogenated alkanes) is 1. The second-order valence-corrected chi connectivity index (χ2v) is 6.79. The Kier molecular flexibility index (Phi) is 7.57. The molecular formula is C21H28FNO3. The van der Waals surface area contributed by atoms with E-state index in [1.165, 1.54) is 11.6 Å². The molecule has 4 N–H and O–H groups in total. The Labute approximate surface area is 154 Å². The lowest BCUT2D eigenvalue weighted by Crippen LogP contribution is -2.47. The highest BCUT2D eigenvalue weighted by Crippen LogP contribution is 2.26. The van der Waals surface area contributed by atoms with E-state index in [-0.39, 0.29) is 19.0 Å². The summed E-state index contributed by atoms with van der Waals surface area (Å²) in [5, 5.41) is 18.4. The minimum atomic E-state index is -1.05. The van der Waals surface area contributed by atoms with E-state index >= 15 is 0 Å². The van der Waals surface area contributed by atoms with Gasteiger partial charge in [-0.25, -0.2) is 4.39 Å². The molecule has 0 aliphatic carbocycles. The normalized spacial score (nSPS) is 11.6. The summed E-state index contributed by atoms with van der Waals surface area (Å²) in [6.45, 7) is 1.52. The molecular weight excluding hydrogens is 333 g/mol. The molecule has 0 radical (unpaired) electrons. The lowest BCUT2D eigenvalue weighted by molar-refractivity contribution is 0.115. The molecule has 0 fully saturated rings. The molecule has 0 heterocycles. The van der Waals surface area contributed by atoms with E-state index in [0.29, 0.717) is 18.6 Å². The summed E-state index contributed by atoms with van der Waals surface area (Å²) < 4.78 is 19.9. The van der Waals surface area contributed by atoms with Gasteiger partial charge < -0.3 is 20.7 Å². The third-order valence-electron chi connectivity index (χ3n) is 4.51. The van der Waals surface area contributed by atoms with Crippen molar-refractivity contribution in [3.05, 3.63) is 59.4 Å². The second-order valence-electron chi connectivity index (χ2n) is 6.79. The fourth-order valence-electron chi connectivity index (χ4n) is 2.62. The number of hydrogen-bond donors (Lipinski definition) is 3. The molecule has 4 nitrogen and oxygen atoms in total. The van der Waals surface area contributed by atoms with Crippen molar-refractivity contribution in [2.75, 3.05) is 13.2 Å². The minimum absolute atomic E-state index is 0.165. The van der Waals surface area contributed by atoms with Crippen molar-refractivity contribution in [1.82, 2.24) is 0 Å². The van der Waals surface area contributed by atoms with Gasteiger partial charge in [0.1, 0.15) is 5.75 Å². The molecule has 0 saturated heterocycles. The van der Waals surface area contributed by atoms with Gasteiger partial charge in [0.2, 0.25) is 0 Å². The molecule has 5 heteroatoms. The van der Waals surface area contributed by atoms with Gasteiger partial charge in [-0.2, -0.15) is 0 Å². The van der Waals surface area contributed by atoms with Crippen molar-refractivity contribution in [3.63, 3.8) is 0 Å². The van der Waals surface area contributed by atoms with Crippen LogP contribution in [0.4, 0.5) is 4.39 Å². The molecule has 0 atom stereocenters. The Balaban J connectivity index is 1.98. The highest BCUT2D eigenvalue weighted by Gasteiger charge is 2.22. The van der Waals surface area contributed by atoms with E-state index < -0.39 is 11.4 Å². The molecule has 0 aliphatic rings. The van der Waals surface area contributed by atoms with Crippen molar-refractivity contribution in [3.8, 4) is 11.5 Å². The van der Waals surface area contributed by atoms with Crippen molar-refractivity contribution in [1.29, 1.82) is 0 Å². The fraction of sp³-hybridized carbons (Fsp3) is 0.429. The molecule has 2 aromatic rings. The Morgan fingerprint density at radius 3 is 2.23 bits per heavy atom. The Hall–Kier alpha value is -1.95. The van der Waals surface area contributed by atoms with Crippen LogP contribution in [0.25, 0.3) is 0 Å². The first-order valence-corrected chi connectivity index (χ1v) is 9.05. The average molecular weight is 361 g/mol. The number of nitrogens with two attached hydrogens (primary N) is 1. The van der Waals surface area contributed by atoms with Gasteiger partial charge >= 0.3 is 0 Å². The van der Waals surface area contributed by atoms with E-state index in [9.17, 15) is 14.6 Å². The molecule has 0 aromatic heterocycles. The van der Waals surface area contributed by atoms with Crippen molar-refractivity contribution in [2.45, 2.75) is 44.6 Å². The van der Waals surface area contributed by atoms with Crippen LogP contribution in [-0.4, -0.2) is 29.0 Å². The van der Waals surface area contributed by atoms with E-state index in [2.05, 4.69) is 6.92 Å². The lowest BCUT2D eigenvalue weighted by Gasteiger charge is -2.24. The molecule has 0 unspecified atom stereocenters. The summed E-state index contributed by atoms with van der Waals surface area (Å²) in [4.78, 5) is 0. The molecule has 2 aromatic carbocycles. The first kappa shape index (κ1) is 20.4. The van der Waals surface area contributed by atoms with E-state index in [1.54, 1.807) is 12.1 Å².